The number of carbonyl (C=O) groups is 1. The lowest BCUT2D eigenvalue weighted by atomic mass is 10.1. The third-order valence-electron chi connectivity index (χ3n) is 3.16. The lowest BCUT2D eigenvalue weighted by Gasteiger charge is -2.25. The number of aliphatic hydroxyl groups is 1. The van der Waals surface area contributed by atoms with Crippen LogP contribution < -0.4 is 10.1 Å². The number of nitrogens with one attached hydrogen (secondary N) is 1. The summed E-state index contributed by atoms with van der Waals surface area (Å²) >= 11 is 0. The number of aliphatic hydroxyl groups excluding tert-OH is 1. The molecule has 0 saturated carbocycles. The summed E-state index contributed by atoms with van der Waals surface area (Å²) in [5.41, 5.74) is 1.09. The molecule has 0 saturated heterocycles. The van der Waals surface area contributed by atoms with E-state index in [-0.39, 0.29) is 18.6 Å². The molecule has 1 aromatic carbocycles. The molecule has 0 spiro atoms. The Morgan fingerprint density at radius 3 is 2.80 bits per heavy atom. The number of methoxy groups -OCH3 is 1. The number of hydrogen-bond acceptors (Lipinski definition) is 4. The molecule has 0 aliphatic carbocycles. The number of nitrogens with zero attached hydrogens (tertiary/aromatic N) is 1. The highest BCUT2D eigenvalue weighted by atomic mass is 16.5. The van der Waals surface area contributed by atoms with Crippen molar-refractivity contribution in [3.63, 3.8) is 0 Å². The number of rotatable bonds is 8. The van der Waals surface area contributed by atoms with Gasteiger partial charge in [-0.2, -0.15) is 0 Å². The minimum atomic E-state index is -0.0335. The normalized spacial score (nSPS) is 12.2. The lowest BCUT2D eigenvalue weighted by Crippen LogP contribution is -2.34. The number of benzene rings is 1. The number of carbonyl (C=O) groups excluding carboxylic acids is 1. The first-order valence-corrected chi connectivity index (χ1v) is 6.76. The molecule has 0 aliphatic rings. The molecule has 0 fully saturated rings. The molecule has 0 radical (unpaired) electrons. The maximum Gasteiger partial charge on any atom is 0.220 e. The van der Waals surface area contributed by atoms with Crippen molar-refractivity contribution < 1.29 is 14.6 Å². The van der Waals surface area contributed by atoms with Crippen LogP contribution in [-0.2, 0) is 4.79 Å². The molecule has 5 nitrogen and oxygen atoms in total. The molecule has 1 amide bonds. The molecule has 5 heteroatoms. The van der Waals surface area contributed by atoms with Gasteiger partial charge < -0.3 is 20.1 Å². The summed E-state index contributed by atoms with van der Waals surface area (Å²) in [6.07, 6.45) is 0.854. The average Bonchev–Trinajstić information content (AvgIpc) is 2.45. The third-order valence-corrected chi connectivity index (χ3v) is 3.16. The van der Waals surface area contributed by atoms with E-state index in [1.807, 2.05) is 38.4 Å². The van der Waals surface area contributed by atoms with Gasteiger partial charge in [0.25, 0.3) is 0 Å². The van der Waals surface area contributed by atoms with Crippen molar-refractivity contribution in [1.82, 2.24) is 10.2 Å². The van der Waals surface area contributed by atoms with Crippen molar-refractivity contribution in [2.45, 2.75) is 18.9 Å². The second-order valence-electron chi connectivity index (χ2n) is 4.89. The van der Waals surface area contributed by atoms with Gasteiger partial charge in [0.05, 0.1) is 13.2 Å². The van der Waals surface area contributed by atoms with Crippen molar-refractivity contribution in [2.75, 3.05) is 34.4 Å². The predicted octanol–water partition coefficient (Wildman–Crippen LogP) is 1.19. The van der Waals surface area contributed by atoms with Crippen LogP contribution in [0.1, 0.15) is 24.4 Å². The van der Waals surface area contributed by atoms with Crippen LogP contribution in [0.15, 0.2) is 24.3 Å². The quantitative estimate of drug-likeness (QED) is 0.751. The lowest BCUT2D eigenvalue weighted by molar-refractivity contribution is -0.121. The van der Waals surface area contributed by atoms with Gasteiger partial charge in [-0.3, -0.25) is 4.79 Å². The van der Waals surface area contributed by atoms with Crippen LogP contribution in [0.5, 0.6) is 5.75 Å². The summed E-state index contributed by atoms with van der Waals surface area (Å²) in [5, 5.41) is 11.6. The Balaban J connectivity index is 2.66. The van der Waals surface area contributed by atoms with E-state index in [1.165, 1.54) is 0 Å². The van der Waals surface area contributed by atoms with E-state index < -0.39 is 0 Å². The van der Waals surface area contributed by atoms with Crippen molar-refractivity contribution >= 4 is 5.91 Å². The fourth-order valence-electron chi connectivity index (χ4n) is 1.99. The van der Waals surface area contributed by atoms with Gasteiger partial charge in [-0.25, -0.2) is 0 Å². The Bertz CT molecular complexity index is 421. The largest absolute Gasteiger partial charge is 0.497 e. The molecule has 2 N–H and O–H groups in total. The molecule has 1 atom stereocenters. The minimum Gasteiger partial charge on any atom is -0.497 e. The van der Waals surface area contributed by atoms with E-state index in [9.17, 15) is 4.79 Å². The van der Waals surface area contributed by atoms with Crippen LogP contribution in [0.25, 0.3) is 0 Å². The van der Waals surface area contributed by atoms with E-state index in [2.05, 4.69) is 10.2 Å². The van der Waals surface area contributed by atoms with Gasteiger partial charge in [-0.15, -0.1) is 0 Å². The maximum absolute atomic E-state index is 11.6. The van der Waals surface area contributed by atoms with Crippen molar-refractivity contribution in [1.29, 1.82) is 0 Å². The van der Waals surface area contributed by atoms with Crippen molar-refractivity contribution in [3.8, 4) is 5.75 Å². The predicted molar refractivity (Wildman–Crippen MR) is 78.8 cm³/mol. The monoisotopic (exact) mass is 280 g/mol. The second-order valence-corrected chi connectivity index (χ2v) is 4.89. The molecular weight excluding hydrogens is 256 g/mol. The van der Waals surface area contributed by atoms with Crippen LogP contribution in [0.2, 0.25) is 0 Å². The Kier molecular flexibility index (Phi) is 7.04. The van der Waals surface area contributed by atoms with Gasteiger partial charge in [-0.05, 0) is 38.2 Å². The highest BCUT2D eigenvalue weighted by molar-refractivity contribution is 5.75. The zero-order chi connectivity index (χ0) is 15.0. The molecule has 1 rings (SSSR count). The van der Waals surface area contributed by atoms with Crippen molar-refractivity contribution in [3.05, 3.63) is 29.8 Å². The standard InChI is InChI=1S/C15H24N2O3/c1-17(2)14(11-16-15(19)8-5-9-18)12-6-4-7-13(10-12)20-3/h4,6-7,10,14,18H,5,8-9,11H2,1-3H3,(H,16,19). The minimum absolute atomic E-state index is 0.0335. The summed E-state index contributed by atoms with van der Waals surface area (Å²) in [6, 6.07) is 7.93. The summed E-state index contributed by atoms with van der Waals surface area (Å²) in [4.78, 5) is 13.7. The van der Waals surface area contributed by atoms with Gasteiger partial charge >= 0.3 is 0 Å². The Hall–Kier alpha value is -1.59. The van der Waals surface area contributed by atoms with E-state index in [4.69, 9.17) is 9.84 Å². The topological polar surface area (TPSA) is 61.8 Å². The SMILES string of the molecule is COc1cccc(C(CNC(=O)CCCO)N(C)C)c1. The average molecular weight is 280 g/mol. The van der Waals surface area contributed by atoms with Gasteiger partial charge in [0, 0.05) is 19.6 Å². The summed E-state index contributed by atoms with van der Waals surface area (Å²) in [5.74, 6) is 0.773. The first kappa shape index (κ1) is 16.5. The van der Waals surface area contributed by atoms with Crippen LogP contribution in [-0.4, -0.2) is 50.3 Å². The van der Waals surface area contributed by atoms with E-state index >= 15 is 0 Å². The van der Waals surface area contributed by atoms with E-state index in [1.54, 1.807) is 7.11 Å². The molecule has 1 unspecified atom stereocenters. The van der Waals surface area contributed by atoms with Gasteiger partial charge in [0.1, 0.15) is 5.75 Å². The Morgan fingerprint density at radius 1 is 1.45 bits per heavy atom. The summed E-state index contributed by atoms with van der Waals surface area (Å²) in [6.45, 7) is 0.574. The highest BCUT2D eigenvalue weighted by Gasteiger charge is 2.15. The molecule has 1 aromatic rings. The van der Waals surface area contributed by atoms with Gasteiger partial charge in [0.2, 0.25) is 5.91 Å². The first-order valence-electron chi connectivity index (χ1n) is 6.76. The zero-order valence-corrected chi connectivity index (χ0v) is 12.4. The van der Waals surface area contributed by atoms with Gasteiger partial charge in [-0.1, -0.05) is 12.1 Å². The van der Waals surface area contributed by atoms with Crippen LogP contribution in [0, 0.1) is 0 Å². The number of likely N-dealkylation sites (N-methyl/N-ethyl adjacent to an activating group) is 1. The molecule has 0 aliphatic heterocycles. The molecular formula is C15H24N2O3. The molecule has 0 aromatic heterocycles. The Morgan fingerprint density at radius 2 is 2.20 bits per heavy atom. The molecule has 0 bridgehead atoms. The van der Waals surface area contributed by atoms with Crippen LogP contribution in [0.3, 0.4) is 0 Å². The summed E-state index contributed by atoms with van der Waals surface area (Å²) in [7, 11) is 5.59. The second kappa shape index (κ2) is 8.55. The maximum atomic E-state index is 11.6. The number of amides is 1. The molecule has 20 heavy (non-hydrogen) atoms. The first-order chi connectivity index (χ1) is 9.58. The van der Waals surface area contributed by atoms with Crippen LogP contribution >= 0.6 is 0 Å². The molecule has 112 valence electrons. The smallest absolute Gasteiger partial charge is 0.220 e. The zero-order valence-electron chi connectivity index (χ0n) is 12.4. The van der Waals surface area contributed by atoms with Crippen LogP contribution in [0.4, 0.5) is 0 Å². The highest BCUT2D eigenvalue weighted by Crippen LogP contribution is 2.22. The third kappa shape index (κ3) is 5.19. The van der Waals surface area contributed by atoms with E-state index in [0.29, 0.717) is 19.4 Å². The fraction of sp³-hybridized carbons (Fsp3) is 0.533. The number of hydrogen-bond donors (Lipinski definition) is 2. The Labute approximate surface area is 120 Å². The molecule has 0 heterocycles. The fourth-order valence-corrected chi connectivity index (χ4v) is 1.99. The van der Waals surface area contributed by atoms with E-state index in [0.717, 1.165) is 11.3 Å². The summed E-state index contributed by atoms with van der Waals surface area (Å²) < 4.78 is 5.23. The van der Waals surface area contributed by atoms with Gasteiger partial charge in [0.15, 0.2) is 0 Å². The van der Waals surface area contributed by atoms with Crippen molar-refractivity contribution in [2.24, 2.45) is 0 Å². The number of ether oxygens (including phenoxy) is 1.